The molecule has 1 aromatic carbocycles. The Balaban J connectivity index is 1.88. The predicted molar refractivity (Wildman–Crippen MR) is 62.1 cm³/mol. The molecule has 1 aliphatic carbocycles. The Morgan fingerprint density at radius 3 is 2.53 bits per heavy atom. The van der Waals surface area contributed by atoms with Crippen LogP contribution in [-0.2, 0) is 0 Å². The second kappa shape index (κ2) is 4.67. The SMILES string of the molecule is COc1ccc([C@H](C)NCC2CC2)cc1. The van der Waals surface area contributed by atoms with Gasteiger partial charge in [0.05, 0.1) is 7.11 Å². The van der Waals surface area contributed by atoms with Gasteiger partial charge in [-0.2, -0.15) is 0 Å². The maximum absolute atomic E-state index is 5.14. The highest BCUT2D eigenvalue weighted by Gasteiger charge is 2.21. The zero-order valence-corrected chi connectivity index (χ0v) is 9.49. The topological polar surface area (TPSA) is 21.3 Å². The molecule has 0 unspecified atom stereocenters. The van der Waals surface area contributed by atoms with Gasteiger partial charge in [-0.1, -0.05) is 12.1 Å². The summed E-state index contributed by atoms with van der Waals surface area (Å²) in [7, 11) is 1.70. The third-order valence-electron chi connectivity index (χ3n) is 3.03. The van der Waals surface area contributed by atoms with E-state index in [-0.39, 0.29) is 0 Å². The molecule has 0 aromatic heterocycles. The number of hydrogen-bond donors (Lipinski definition) is 1. The van der Waals surface area contributed by atoms with E-state index in [9.17, 15) is 0 Å². The van der Waals surface area contributed by atoms with Gasteiger partial charge in [0.25, 0.3) is 0 Å². The van der Waals surface area contributed by atoms with E-state index in [0.717, 1.165) is 18.2 Å². The average Bonchev–Trinajstić information content (AvgIpc) is 3.10. The number of hydrogen-bond acceptors (Lipinski definition) is 2. The van der Waals surface area contributed by atoms with Crippen molar-refractivity contribution in [3.63, 3.8) is 0 Å². The fourth-order valence-electron chi connectivity index (χ4n) is 1.68. The molecule has 0 aliphatic heterocycles. The predicted octanol–water partition coefficient (Wildman–Crippen LogP) is 2.76. The molecule has 2 rings (SSSR count). The normalized spacial score (nSPS) is 17.5. The van der Waals surface area contributed by atoms with Crippen molar-refractivity contribution in [1.82, 2.24) is 5.32 Å². The number of rotatable bonds is 5. The highest BCUT2D eigenvalue weighted by molar-refractivity contribution is 5.28. The van der Waals surface area contributed by atoms with Gasteiger partial charge in [0.15, 0.2) is 0 Å². The molecule has 1 atom stereocenters. The van der Waals surface area contributed by atoms with Crippen LogP contribution < -0.4 is 10.1 Å². The number of nitrogens with one attached hydrogen (secondary N) is 1. The van der Waals surface area contributed by atoms with Gasteiger partial charge < -0.3 is 10.1 Å². The highest BCUT2D eigenvalue weighted by Crippen LogP contribution is 2.28. The van der Waals surface area contributed by atoms with Gasteiger partial charge in [0.2, 0.25) is 0 Å². The first-order valence-corrected chi connectivity index (χ1v) is 5.67. The van der Waals surface area contributed by atoms with Crippen molar-refractivity contribution in [2.45, 2.75) is 25.8 Å². The molecule has 0 spiro atoms. The molecule has 2 heteroatoms. The largest absolute Gasteiger partial charge is 0.497 e. The van der Waals surface area contributed by atoms with Crippen LogP contribution in [0.4, 0.5) is 0 Å². The van der Waals surface area contributed by atoms with Crippen molar-refractivity contribution >= 4 is 0 Å². The van der Waals surface area contributed by atoms with E-state index in [0.29, 0.717) is 6.04 Å². The molecule has 0 bridgehead atoms. The standard InChI is InChI=1S/C13H19NO/c1-10(14-9-11-3-4-11)12-5-7-13(15-2)8-6-12/h5-8,10-11,14H,3-4,9H2,1-2H3/t10-/m0/s1. The van der Waals surface area contributed by atoms with Crippen LogP contribution in [0.3, 0.4) is 0 Å². The first-order chi connectivity index (χ1) is 7.29. The molecule has 82 valence electrons. The Morgan fingerprint density at radius 2 is 2.00 bits per heavy atom. The van der Waals surface area contributed by atoms with Gasteiger partial charge in [0, 0.05) is 6.04 Å². The molecule has 1 fully saturated rings. The Morgan fingerprint density at radius 1 is 1.33 bits per heavy atom. The molecule has 1 aromatic rings. The summed E-state index contributed by atoms with van der Waals surface area (Å²) < 4.78 is 5.14. The summed E-state index contributed by atoms with van der Waals surface area (Å²) in [4.78, 5) is 0. The van der Waals surface area contributed by atoms with E-state index < -0.39 is 0 Å². The minimum absolute atomic E-state index is 0.441. The summed E-state index contributed by atoms with van der Waals surface area (Å²) in [6.45, 7) is 3.37. The third kappa shape index (κ3) is 2.96. The van der Waals surface area contributed by atoms with Crippen LogP contribution in [-0.4, -0.2) is 13.7 Å². The lowest BCUT2D eigenvalue weighted by atomic mass is 10.1. The van der Waals surface area contributed by atoms with E-state index in [1.807, 2.05) is 12.1 Å². The van der Waals surface area contributed by atoms with Crippen LogP contribution in [0.2, 0.25) is 0 Å². The van der Waals surface area contributed by atoms with E-state index in [1.54, 1.807) is 7.11 Å². The van der Waals surface area contributed by atoms with Crippen molar-refractivity contribution in [2.75, 3.05) is 13.7 Å². The fourth-order valence-corrected chi connectivity index (χ4v) is 1.68. The molecule has 1 saturated carbocycles. The molecule has 2 nitrogen and oxygen atoms in total. The van der Waals surface area contributed by atoms with Gasteiger partial charge in [-0.05, 0) is 49.9 Å². The van der Waals surface area contributed by atoms with Crippen molar-refractivity contribution in [3.05, 3.63) is 29.8 Å². The Bertz CT molecular complexity index is 303. The van der Waals surface area contributed by atoms with Gasteiger partial charge in [-0.25, -0.2) is 0 Å². The van der Waals surface area contributed by atoms with Gasteiger partial charge in [0.1, 0.15) is 5.75 Å². The molecule has 15 heavy (non-hydrogen) atoms. The highest BCUT2D eigenvalue weighted by atomic mass is 16.5. The molecular formula is C13H19NO. The quantitative estimate of drug-likeness (QED) is 0.798. The van der Waals surface area contributed by atoms with Gasteiger partial charge in [-0.3, -0.25) is 0 Å². The zero-order chi connectivity index (χ0) is 10.7. The monoisotopic (exact) mass is 205 g/mol. The van der Waals surface area contributed by atoms with Crippen molar-refractivity contribution in [3.8, 4) is 5.75 Å². The summed E-state index contributed by atoms with van der Waals surface area (Å²) in [6.07, 6.45) is 2.81. The molecule has 0 amide bonds. The smallest absolute Gasteiger partial charge is 0.118 e. The maximum Gasteiger partial charge on any atom is 0.118 e. The molecule has 1 N–H and O–H groups in total. The fraction of sp³-hybridized carbons (Fsp3) is 0.538. The van der Waals surface area contributed by atoms with Crippen LogP contribution >= 0.6 is 0 Å². The lowest BCUT2D eigenvalue weighted by Gasteiger charge is -2.14. The first kappa shape index (κ1) is 10.5. The molecule has 0 heterocycles. The van der Waals surface area contributed by atoms with E-state index >= 15 is 0 Å². The Labute approximate surface area is 91.6 Å². The Kier molecular flexibility index (Phi) is 3.27. The Hall–Kier alpha value is -1.02. The number of methoxy groups -OCH3 is 1. The minimum atomic E-state index is 0.441. The van der Waals surface area contributed by atoms with Gasteiger partial charge >= 0.3 is 0 Å². The van der Waals surface area contributed by atoms with Crippen LogP contribution in [0, 0.1) is 5.92 Å². The summed E-state index contributed by atoms with van der Waals surface area (Å²) in [5.41, 5.74) is 1.33. The zero-order valence-electron chi connectivity index (χ0n) is 9.49. The first-order valence-electron chi connectivity index (χ1n) is 5.67. The van der Waals surface area contributed by atoms with E-state index in [1.165, 1.54) is 18.4 Å². The van der Waals surface area contributed by atoms with Crippen LogP contribution in [0.5, 0.6) is 5.75 Å². The second-order valence-corrected chi connectivity index (χ2v) is 4.35. The van der Waals surface area contributed by atoms with E-state index in [2.05, 4.69) is 24.4 Å². The van der Waals surface area contributed by atoms with Crippen molar-refractivity contribution in [1.29, 1.82) is 0 Å². The molecule has 0 radical (unpaired) electrons. The lowest BCUT2D eigenvalue weighted by molar-refractivity contribution is 0.414. The third-order valence-corrected chi connectivity index (χ3v) is 3.03. The lowest BCUT2D eigenvalue weighted by Crippen LogP contribution is -2.20. The van der Waals surface area contributed by atoms with Crippen molar-refractivity contribution < 1.29 is 4.74 Å². The summed E-state index contributed by atoms with van der Waals surface area (Å²) in [6, 6.07) is 8.73. The van der Waals surface area contributed by atoms with Crippen LogP contribution in [0.15, 0.2) is 24.3 Å². The maximum atomic E-state index is 5.14. The number of benzene rings is 1. The van der Waals surface area contributed by atoms with Crippen molar-refractivity contribution in [2.24, 2.45) is 5.92 Å². The molecular weight excluding hydrogens is 186 g/mol. The number of ether oxygens (including phenoxy) is 1. The van der Waals surface area contributed by atoms with Crippen LogP contribution in [0.25, 0.3) is 0 Å². The summed E-state index contributed by atoms with van der Waals surface area (Å²) in [5.74, 6) is 1.86. The second-order valence-electron chi connectivity index (χ2n) is 4.35. The summed E-state index contributed by atoms with van der Waals surface area (Å²) >= 11 is 0. The molecule has 0 saturated heterocycles. The average molecular weight is 205 g/mol. The van der Waals surface area contributed by atoms with Crippen LogP contribution in [0.1, 0.15) is 31.4 Å². The van der Waals surface area contributed by atoms with E-state index in [4.69, 9.17) is 4.74 Å². The minimum Gasteiger partial charge on any atom is -0.497 e. The van der Waals surface area contributed by atoms with Gasteiger partial charge in [-0.15, -0.1) is 0 Å². The summed E-state index contributed by atoms with van der Waals surface area (Å²) in [5, 5.41) is 3.56. The molecule has 1 aliphatic rings.